The van der Waals surface area contributed by atoms with Crippen molar-refractivity contribution in [3.05, 3.63) is 179 Å². The topological polar surface area (TPSA) is 101 Å². The molecule has 8 nitrogen and oxygen atoms in total. The number of aliphatic hydroxyl groups is 1. The second-order valence-electron chi connectivity index (χ2n) is 15.0. The Morgan fingerprint density at radius 2 is 0.963 bits per heavy atom. The predicted octanol–water partition coefficient (Wildman–Crippen LogP) is 8.55. The number of carbonyl (C=O) groups is 2. The van der Waals surface area contributed by atoms with Crippen molar-refractivity contribution in [2.75, 3.05) is 6.61 Å². The van der Waals surface area contributed by atoms with Crippen molar-refractivity contribution in [2.24, 2.45) is 0 Å². The van der Waals surface area contributed by atoms with Crippen LogP contribution in [0.5, 0.6) is 0 Å². The van der Waals surface area contributed by atoms with E-state index in [-0.39, 0.29) is 17.2 Å². The Bertz CT molecular complexity index is 1850. The van der Waals surface area contributed by atoms with Gasteiger partial charge in [-0.25, -0.2) is 9.59 Å². The highest BCUT2D eigenvalue weighted by molar-refractivity contribution is 6.74. The summed E-state index contributed by atoms with van der Waals surface area (Å²) in [5.41, 5.74) is 2.05. The quantitative estimate of drug-likeness (QED) is 0.0771. The number of hydrogen-bond acceptors (Lipinski definition) is 8. The Morgan fingerprint density at radius 1 is 0.593 bits per heavy atom. The molecule has 9 heteroatoms. The van der Waals surface area contributed by atoms with Gasteiger partial charge in [0.1, 0.15) is 17.8 Å². The number of benzene rings is 5. The fourth-order valence-electron chi connectivity index (χ4n) is 6.46. The molecule has 1 heterocycles. The Morgan fingerprint density at radius 3 is 1.35 bits per heavy atom. The molecule has 0 aliphatic carbocycles. The van der Waals surface area contributed by atoms with Gasteiger partial charge < -0.3 is 28.5 Å². The molecule has 1 aliphatic rings. The van der Waals surface area contributed by atoms with Gasteiger partial charge in [-0.2, -0.15) is 0 Å². The van der Waals surface area contributed by atoms with E-state index in [1.54, 1.807) is 54.6 Å². The van der Waals surface area contributed by atoms with Crippen LogP contribution in [0.3, 0.4) is 0 Å². The normalized spacial score (nSPS) is 20.5. The van der Waals surface area contributed by atoms with Gasteiger partial charge in [0, 0.05) is 0 Å². The van der Waals surface area contributed by atoms with Crippen molar-refractivity contribution in [1.29, 1.82) is 0 Å². The molecule has 0 aromatic heterocycles. The molecule has 54 heavy (non-hydrogen) atoms. The maximum absolute atomic E-state index is 13.9. The molecule has 0 bridgehead atoms. The van der Waals surface area contributed by atoms with Crippen LogP contribution in [0.15, 0.2) is 152 Å². The smallest absolute Gasteiger partial charge is 0.338 e. The van der Waals surface area contributed by atoms with Crippen LogP contribution in [0.4, 0.5) is 0 Å². The minimum absolute atomic E-state index is 0.154. The zero-order valence-corrected chi connectivity index (χ0v) is 32.3. The molecule has 5 aromatic rings. The maximum atomic E-state index is 13.9. The van der Waals surface area contributed by atoms with Gasteiger partial charge in [0.2, 0.25) is 0 Å². The molecule has 0 saturated carbocycles. The minimum atomic E-state index is -2.70. The van der Waals surface area contributed by atoms with Crippen LogP contribution in [0.1, 0.15) is 58.2 Å². The van der Waals surface area contributed by atoms with E-state index in [2.05, 4.69) is 33.9 Å². The lowest BCUT2D eigenvalue weighted by Gasteiger charge is -2.48. The van der Waals surface area contributed by atoms with E-state index in [1.165, 1.54) is 0 Å². The highest BCUT2D eigenvalue weighted by Gasteiger charge is 2.54. The zero-order chi connectivity index (χ0) is 38.3. The molecule has 5 aromatic carbocycles. The molecular weight excluding hydrogens is 697 g/mol. The third-order valence-corrected chi connectivity index (χ3v) is 14.8. The largest absolute Gasteiger partial charge is 0.453 e. The van der Waals surface area contributed by atoms with E-state index in [0.717, 1.165) is 16.7 Å². The fourth-order valence-corrected chi connectivity index (χ4v) is 7.76. The van der Waals surface area contributed by atoms with Gasteiger partial charge in [-0.3, -0.25) is 0 Å². The van der Waals surface area contributed by atoms with Crippen molar-refractivity contribution in [2.45, 2.75) is 75.2 Å². The van der Waals surface area contributed by atoms with Crippen LogP contribution in [-0.4, -0.2) is 62.7 Å². The van der Waals surface area contributed by atoms with Crippen LogP contribution in [-0.2, 0) is 29.0 Å². The van der Waals surface area contributed by atoms with Gasteiger partial charge in [-0.15, -0.1) is 0 Å². The summed E-state index contributed by atoms with van der Waals surface area (Å²) < 4.78 is 32.9. The summed E-state index contributed by atoms with van der Waals surface area (Å²) in [5, 5.41) is 11.5. The van der Waals surface area contributed by atoms with Gasteiger partial charge in [0.05, 0.1) is 17.7 Å². The highest BCUT2D eigenvalue weighted by Crippen LogP contribution is 2.43. The Balaban J connectivity index is 1.45. The van der Waals surface area contributed by atoms with Crippen LogP contribution in [0.2, 0.25) is 18.1 Å². The molecule has 5 atom stereocenters. The van der Waals surface area contributed by atoms with Crippen molar-refractivity contribution in [3.63, 3.8) is 0 Å². The monoisotopic (exact) mass is 744 g/mol. The van der Waals surface area contributed by atoms with E-state index in [9.17, 15) is 14.7 Å². The standard InChI is InChI=1S/C45H48O8Si/c1-44(2,3)54(4,5)53-39-38(51-41(46)32-21-11-6-12-22-32)37(50-43(48)40(39)52-42(47)33-23-13-7-14-24-33)31-49-45(34-25-15-8-16-26-34,35-27-17-9-18-28-35)36-29-19-10-20-30-36/h6-30,37-40,43,48H,31H2,1-5H3/t37-,38-,39+,40+,43+/m1/s1. The number of hydrogen-bond donors (Lipinski definition) is 1. The van der Waals surface area contributed by atoms with Gasteiger partial charge in [0.15, 0.2) is 26.8 Å². The van der Waals surface area contributed by atoms with E-state index in [4.69, 9.17) is 23.4 Å². The molecule has 1 fully saturated rings. The third-order valence-electron chi connectivity index (χ3n) is 10.4. The zero-order valence-electron chi connectivity index (χ0n) is 31.3. The molecule has 0 unspecified atom stereocenters. The highest BCUT2D eigenvalue weighted by atomic mass is 28.4. The van der Waals surface area contributed by atoms with E-state index in [0.29, 0.717) is 5.56 Å². The number of ether oxygens (including phenoxy) is 4. The first-order valence-corrected chi connectivity index (χ1v) is 21.2. The summed E-state index contributed by atoms with van der Waals surface area (Å²) in [5.74, 6) is -1.30. The molecule has 280 valence electrons. The van der Waals surface area contributed by atoms with E-state index in [1.807, 2.05) is 97.1 Å². The van der Waals surface area contributed by atoms with Crippen LogP contribution in [0.25, 0.3) is 0 Å². The van der Waals surface area contributed by atoms with Gasteiger partial charge in [0.25, 0.3) is 0 Å². The number of esters is 2. The summed E-state index contributed by atoms with van der Waals surface area (Å²) in [6.45, 7) is 10.2. The average molecular weight is 745 g/mol. The predicted molar refractivity (Wildman–Crippen MR) is 209 cm³/mol. The second kappa shape index (κ2) is 16.6. The van der Waals surface area contributed by atoms with Crippen molar-refractivity contribution < 1.29 is 38.1 Å². The lowest BCUT2D eigenvalue weighted by atomic mass is 9.80. The molecule has 1 aliphatic heterocycles. The van der Waals surface area contributed by atoms with Crippen LogP contribution in [0, 0.1) is 0 Å². The lowest BCUT2D eigenvalue weighted by Crippen LogP contribution is -2.65. The first kappa shape index (κ1) is 38.8. The van der Waals surface area contributed by atoms with Gasteiger partial charge in [-0.1, -0.05) is 148 Å². The Hall–Kier alpha value is -4.90. The maximum Gasteiger partial charge on any atom is 0.338 e. The van der Waals surface area contributed by atoms with Crippen LogP contribution < -0.4 is 0 Å². The van der Waals surface area contributed by atoms with Crippen molar-refractivity contribution in [3.8, 4) is 0 Å². The molecule has 1 saturated heterocycles. The van der Waals surface area contributed by atoms with E-state index < -0.39 is 56.6 Å². The minimum Gasteiger partial charge on any atom is -0.453 e. The lowest BCUT2D eigenvalue weighted by molar-refractivity contribution is -0.287. The molecule has 0 radical (unpaired) electrons. The SMILES string of the molecule is CC(C)(C)[Si](C)(C)O[C@@H]1[C@H](OC(=O)c2ccccc2)[C@@H](O)O[C@H](COC(c2ccccc2)(c2ccccc2)c2ccccc2)[C@H]1OC(=O)c1ccccc1. The summed E-state index contributed by atoms with van der Waals surface area (Å²) in [6.07, 6.45) is -6.36. The number of aliphatic hydroxyl groups excluding tert-OH is 1. The van der Waals surface area contributed by atoms with Crippen molar-refractivity contribution >= 4 is 20.3 Å². The third kappa shape index (κ3) is 8.41. The summed E-state index contributed by atoms with van der Waals surface area (Å²) >= 11 is 0. The summed E-state index contributed by atoms with van der Waals surface area (Å²) in [4.78, 5) is 27.5. The molecule has 0 amide bonds. The average Bonchev–Trinajstić information content (AvgIpc) is 3.19. The summed E-state index contributed by atoms with van der Waals surface area (Å²) in [6, 6.07) is 46.8. The number of carbonyl (C=O) groups excluding carboxylic acids is 2. The fraction of sp³-hybridized carbons (Fsp3) is 0.289. The molecular formula is C45H48O8Si. The van der Waals surface area contributed by atoms with Crippen molar-refractivity contribution in [1.82, 2.24) is 0 Å². The first-order chi connectivity index (χ1) is 25.9. The second-order valence-corrected chi connectivity index (χ2v) is 19.7. The molecule has 1 N–H and O–H groups in total. The molecule has 0 spiro atoms. The first-order valence-electron chi connectivity index (χ1n) is 18.2. The van der Waals surface area contributed by atoms with E-state index >= 15 is 0 Å². The van der Waals surface area contributed by atoms with Gasteiger partial charge in [-0.05, 0) is 59.1 Å². The summed E-state index contributed by atoms with van der Waals surface area (Å²) in [7, 11) is -2.70. The Kier molecular flexibility index (Phi) is 12.0. The van der Waals surface area contributed by atoms with Crippen LogP contribution >= 0.6 is 0 Å². The van der Waals surface area contributed by atoms with Gasteiger partial charge >= 0.3 is 11.9 Å². The number of rotatable bonds is 12. The Labute approximate surface area is 318 Å². The molecule has 6 rings (SSSR count).